The maximum Gasteiger partial charge on any atom is 0.317 e. The summed E-state index contributed by atoms with van der Waals surface area (Å²) in [6.07, 6.45) is 0.862. The molecule has 1 aliphatic rings. The number of urea groups is 1. The van der Waals surface area contributed by atoms with E-state index in [0.29, 0.717) is 19.1 Å². The third kappa shape index (κ3) is 5.92. The Kier molecular flexibility index (Phi) is 7.56. The first-order valence-corrected chi connectivity index (χ1v) is 9.40. The smallest absolute Gasteiger partial charge is 0.317 e. The van der Waals surface area contributed by atoms with Crippen molar-refractivity contribution in [3.8, 4) is 0 Å². The number of carbonyl (C=O) groups excluding carboxylic acids is 1. The quantitative estimate of drug-likeness (QED) is 0.771. The second-order valence-corrected chi connectivity index (χ2v) is 7.25. The molecule has 1 aromatic carbocycles. The lowest BCUT2D eigenvalue weighted by Crippen LogP contribution is -2.52. The van der Waals surface area contributed by atoms with Crippen LogP contribution in [0.25, 0.3) is 0 Å². The maximum atomic E-state index is 12.3. The number of nitrogens with one attached hydrogen (secondary N) is 1. The van der Waals surface area contributed by atoms with Crippen molar-refractivity contribution in [2.24, 2.45) is 5.92 Å². The van der Waals surface area contributed by atoms with Gasteiger partial charge in [-0.15, -0.1) is 0 Å². The summed E-state index contributed by atoms with van der Waals surface area (Å²) >= 11 is 0. The number of benzene rings is 1. The summed E-state index contributed by atoms with van der Waals surface area (Å²) in [5.74, 6) is 0.558. The number of aryl methyl sites for hydroxylation is 1. The van der Waals surface area contributed by atoms with Crippen LogP contribution in [0.1, 0.15) is 31.4 Å². The fourth-order valence-corrected chi connectivity index (χ4v) is 3.03. The van der Waals surface area contributed by atoms with Crippen LogP contribution in [0.15, 0.2) is 18.2 Å². The lowest BCUT2D eigenvalue weighted by Gasteiger charge is -2.37. The molecular weight excluding hydrogens is 314 g/mol. The van der Waals surface area contributed by atoms with E-state index in [1.165, 1.54) is 16.8 Å². The van der Waals surface area contributed by atoms with Gasteiger partial charge in [-0.3, -0.25) is 0 Å². The summed E-state index contributed by atoms with van der Waals surface area (Å²) in [6, 6.07) is 6.48. The van der Waals surface area contributed by atoms with Gasteiger partial charge in [0.05, 0.1) is 0 Å². The van der Waals surface area contributed by atoms with Gasteiger partial charge in [0, 0.05) is 51.6 Å². The van der Waals surface area contributed by atoms with Crippen molar-refractivity contribution in [1.82, 2.24) is 10.2 Å². The molecule has 1 fully saturated rings. The Bertz CT molecular complexity index is 552. The lowest BCUT2D eigenvalue weighted by molar-refractivity contribution is 0.107. The Morgan fingerprint density at radius 1 is 1.20 bits per heavy atom. The molecule has 1 N–H and O–H groups in total. The fraction of sp³-hybridized carbons (Fsp3) is 0.650. The average molecular weight is 348 g/mol. The first-order chi connectivity index (χ1) is 12.0. The van der Waals surface area contributed by atoms with Crippen LogP contribution in [0, 0.1) is 19.8 Å². The molecular formula is C20H33N3O2. The predicted octanol–water partition coefficient (Wildman–Crippen LogP) is 3.20. The fourth-order valence-electron chi connectivity index (χ4n) is 3.03. The molecule has 1 saturated heterocycles. The number of carbonyl (C=O) groups is 1. The largest absolute Gasteiger partial charge is 0.381 e. The molecule has 5 nitrogen and oxygen atoms in total. The van der Waals surface area contributed by atoms with Crippen molar-refractivity contribution in [1.29, 1.82) is 0 Å². The van der Waals surface area contributed by atoms with Crippen LogP contribution >= 0.6 is 0 Å². The molecule has 5 heteroatoms. The molecule has 0 radical (unpaired) electrons. The topological polar surface area (TPSA) is 44.8 Å². The van der Waals surface area contributed by atoms with E-state index in [2.05, 4.69) is 56.1 Å². The number of hydrogen-bond acceptors (Lipinski definition) is 3. The van der Waals surface area contributed by atoms with E-state index in [1.54, 1.807) is 0 Å². The molecule has 1 heterocycles. The summed E-state index contributed by atoms with van der Waals surface area (Å²) in [7, 11) is 0. The van der Waals surface area contributed by atoms with Crippen molar-refractivity contribution in [3.63, 3.8) is 0 Å². The summed E-state index contributed by atoms with van der Waals surface area (Å²) in [6.45, 7) is 14.1. The summed E-state index contributed by atoms with van der Waals surface area (Å²) in [5, 5.41) is 3.00. The van der Waals surface area contributed by atoms with Gasteiger partial charge in [0.15, 0.2) is 0 Å². The number of hydrogen-bond donors (Lipinski definition) is 1. The van der Waals surface area contributed by atoms with E-state index in [9.17, 15) is 4.79 Å². The van der Waals surface area contributed by atoms with Crippen molar-refractivity contribution >= 4 is 11.7 Å². The number of nitrogens with zero attached hydrogens (tertiary/aromatic N) is 2. The number of rotatable bonds is 7. The van der Waals surface area contributed by atoms with Gasteiger partial charge in [0.2, 0.25) is 0 Å². The van der Waals surface area contributed by atoms with Crippen LogP contribution in [-0.2, 0) is 4.74 Å². The molecule has 0 atom stereocenters. The van der Waals surface area contributed by atoms with Gasteiger partial charge < -0.3 is 19.9 Å². The Morgan fingerprint density at radius 2 is 1.92 bits per heavy atom. The van der Waals surface area contributed by atoms with Gasteiger partial charge in [-0.25, -0.2) is 4.79 Å². The van der Waals surface area contributed by atoms with Crippen LogP contribution < -0.4 is 10.2 Å². The third-order valence-electron chi connectivity index (χ3n) is 4.68. The molecule has 25 heavy (non-hydrogen) atoms. The summed E-state index contributed by atoms with van der Waals surface area (Å²) < 4.78 is 5.53. The Balaban J connectivity index is 1.69. The molecule has 0 aliphatic carbocycles. The molecule has 2 amide bonds. The van der Waals surface area contributed by atoms with Crippen molar-refractivity contribution in [2.45, 2.75) is 34.1 Å². The van der Waals surface area contributed by atoms with Crippen molar-refractivity contribution < 1.29 is 9.53 Å². The van der Waals surface area contributed by atoms with Gasteiger partial charge in [-0.05, 0) is 43.4 Å². The van der Waals surface area contributed by atoms with Gasteiger partial charge in [0.25, 0.3) is 0 Å². The molecule has 140 valence electrons. The number of amides is 2. The first kappa shape index (κ1) is 19.6. The highest BCUT2D eigenvalue weighted by Gasteiger charge is 2.21. The number of piperazine rings is 1. The average Bonchev–Trinajstić information content (AvgIpc) is 2.60. The minimum absolute atomic E-state index is 0.0458. The summed E-state index contributed by atoms with van der Waals surface area (Å²) in [5.41, 5.74) is 3.95. The lowest BCUT2D eigenvalue weighted by atomic mass is 10.1. The molecule has 0 bridgehead atoms. The predicted molar refractivity (Wildman–Crippen MR) is 103 cm³/mol. The number of anilines is 1. The summed E-state index contributed by atoms with van der Waals surface area (Å²) in [4.78, 5) is 16.6. The second-order valence-electron chi connectivity index (χ2n) is 7.25. The van der Waals surface area contributed by atoms with E-state index in [0.717, 1.165) is 39.2 Å². The second kappa shape index (κ2) is 9.66. The van der Waals surface area contributed by atoms with E-state index < -0.39 is 0 Å². The molecule has 1 aliphatic heterocycles. The van der Waals surface area contributed by atoms with E-state index in [-0.39, 0.29) is 6.03 Å². The molecule has 0 spiro atoms. The van der Waals surface area contributed by atoms with Gasteiger partial charge in [-0.2, -0.15) is 0 Å². The molecule has 0 unspecified atom stereocenters. The highest BCUT2D eigenvalue weighted by atomic mass is 16.5. The zero-order valence-electron chi connectivity index (χ0n) is 16.2. The first-order valence-electron chi connectivity index (χ1n) is 9.40. The maximum absolute atomic E-state index is 12.3. The highest BCUT2D eigenvalue weighted by Crippen LogP contribution is 2.23. The van der Waals surface area contributed by atoms with Crippen LogP contribution in [0.5, 0.6) is 0 Å². The Morgan fingerprint density at radius 3 is 2.60 bits per heavy atom. The Labute approximate surface area is 152 Å². The highest BCUT2D eigenvalue weighted by molar-refractivity contribution is 5.74. The van der Waals surface area contributed by atoms with Crippen LogP contribution in [-0.4, -0.2) is 56.9 Å². The molecule has 2 rings (SSSR count). The molecule has 0 saturated carbocycles. The zero-order chi connectivity index (χ0) is 18.2. The third-order valence-corrected chi connectivity index (χ3v) is 4.68. The van der Waals surface area contributed by atoms with Gasteiger partial charge in [-0.1, -0.05) is 26.0 Å². The Hall–Kier alpha value is -1.75. The minimum Gasteiger partial charge on any atom is -0.381 e. The van der Waals surface area contributed by atoms with Crippen LogP contribution in [0.4, 0.5) is 10.5 Å². The molecule has 1 aromatic rings. The van der Waals surface area contributed by atoms with Gasteiger partial charge >= 0.3 is 6.03 Å². The van der Waals surface area contributed by atoms with Crippen LogP contribution in [0.2, 0.25) is 0 Å². The van der Waals surface area contributed by atoms with Gasteiger partial charge in [0.1, 0.15) is 0 Å². The monoisotopic (exact) mass is 347 g/mol. The minimum atomic E-state index is 0.0458. The standard InChI is InChI=1S/C20H33N3O2/c1-16(2)15-25-14-6-9-21-20(24)23-12-10-22(11-13-23)19-8-5-7-17(3)18(19)4/h5,7-8,16H,6,9-15H2,1-4H3,(H,21,24). The van der Waals surface area contributed by atoms with E-state index in [1.807, 2.05) is 4.90 Å². The van der Waals surface area contributed by atoms with Crippen LogP contribution in [0.3, 0.4) is 0 Å². The van der Waals surface area contributed by atoms with E-state index in [4.69, 9.17) is 4.74 Å². The number of ether oxygens (including phenoxy) is 1. The van der Waals surface area contributed by atoms with E-state index >= 15 is 0 Å². The zero-order valence-corrected chi connectivity index (χ0v) is 16.2. The van der Waals surface area contributed by atoms with Crippen molar-refractivity contribution in [3.05, 3.63) is 29.3 Å². The SMILES string of the molecule is Cc1cccc(N2CCN(C(=O)NCCCOCC(C)C)CC2)c1C. The van der Waals surface area contributed by atoms with Crippen molar-refractivity contribution in [2.75, 3.05) is 50.8 Å². The normalized spacial score (nSPS) is 14.9. The molecule has 0 aromatic heterocycles.